The van der Waals surface area contributed by atoms with Gasteiger partial charge in [0, 0.05) is 25.2 Å². The Balaban J connectivity index is 1.28. The smallest absolute Gasteiger partial charge is 0.341 e. The van der Waals surface area contributed by atoms with E-state index in [4.69, 9.17) is 4.94 Å². The number of carbonyl (C=O) groups excluding carboxylic acids is 1. The SMILES string of the molecule is O=C(Nc1nonc1/C=N/ONc1ccc(F)c(Br)c1)C1CCN(c2nccc(C(F)(F)F)n2)CC1. The molecule has 1 aliphatic rings. The van der Waals surface area contributed by atoms with Crippen molar-refractivity contribution in [3.05, 3.63) is 52.1 Å². The lowest BCUT2D eigenvalue weighted by Crippen LogP contribution is -2.39. The number of nitrogens with one attached hydrogen (secondary N) is 2. The molecule has 190 valence electrons. The number of anilines is 3. The Hall–Kier alpha value is -3.82. The zero-order valence-corrected chi connectivity index (χ0v) is 19.8. The van der Waals surface area contributed by atoms with Crippen molar-refractivity contribution in [2.45, 2.75) is 19.0 Å². The molecular weight excluding hydrogens is 556 g/mol. The quantitative estimate of drug-likeness (QED) is 0.245. The second-order valence-corrected chi connectivity index (χ2v) is 8.40. The standard InChI is InChI=1S/C20H17BrF4N8O3/c21-13-9-12(1-2-14(13)22)30-35-27-10-15-17(32-36-31-15)29-18(34)11-4-7-33(8-5-11)19-26-6-3-16(28-19)20(23,24)25/h1-3,6,9-11,30H,4-5,7-8H2,(H,29,32,34)/b27-10+. The number of benzene rings is 1. The average Bonchev–Trinajstić information content (AvgIpc) is 3.30. The van der Waals surface area contributed by atoms with E-state index in [2.05, 4.69) is 56.8 Å². The highest BCUT2D eigenvalue weighted by molar-refractivity contribution is 9.10. The van der Waals surface area contributed by atoms with E-state index in [-0.39, 0.29) is 27.8 Å². The summed E-state index contributed by atoms with van der Waals surface area (Å²) in [5.41, 5.74) is 1.96. The number of alkyl halides is 3. The molecule has 4 rings (SSSR count). The van der Waals surface area contributed by atoms with Crippen LogP contribution in [0.5, 0.6) is 0 Å². The van der Waals surface area contributed by atoms with E-state index in [1.165, 1.54) is 18.2 Å². The van der Waals surface area contributed by atoms with Crippen LogP contribution in [-0.2, 0) is 15.9 Å². The highest BCUT2D eigenvalue weighted by Crippen LogP contribution is 2.29. The Bertz CT molecular complexity index is 1250. The molecule has 0 atom stereocenters. The molecule has 1 amide bonds. The van der Waals surface area contributed by atoms with E-state index in [0.717, 1.165) is 18.5 Å². The number of halogens is 5. The van der Waals surface area contributed by atoms with Gasteiger partial charge in [0.2, 0.25) is 17.7 Å². The van der Waals surface area contributed by atoms with Gasteiger partial charge >= 0.3 is 6.18 Å². The van der Waals surface area contributed by atoms with Crippen LogP contribution in [0.3, 0.4) is 0 Å². The topological polar surface area (TPSA) is 131 Å². The van der Waals surface area contributed by atoms with E-state index in [1.54, 1.807) is 4.90 Å². The number of aromatic nitrogens is 4. The number of amides is 1. The molecule has 2 aromatic heterocycles. The van der Waals surface area contributed by atoms with Gasteiger partial charge in [-0.05, 0) is 63.4 Å². The normalized spacial score (nSPS) is 14.8. The van der Waals surface area contributed by atoms with Crippen LogP contribution >= 0.6 is 15.9 Å². The van der Waals surface area contributed by atoms with Crippen LogP contribution in [0.25, 0.3) is 0 Å². The number of piperidine rings is 1. The molecule has 36 heavy (non-hydrogen) atoms. The first-order valence-corrected chi connectivity index (χ1v) is 11.2. The molecule has 1 aromatic carbocycles. The van der Waals surface area contributed by atoms with Gasteiger partial charge in [-0.15, -0.1) is 0 Å². The third kappa shape index (κ3) is 6.24. The Morgan fingerprint density at radius 1 is 1.25 bits per heavy atom. The van der Waals surface area contributed by atoms with Crippen LogP contribution in [0.2, 0.25) is 0 Å². The summed E-state index contributed by atoms with van der Waals surface area (Å²) in [6, 6.07) is 4.91. The summed E-state index contributed by atoms with van der Waals surface area (Å²) < 4.78 is 56.8. The van der Waals surface area contributed by atoms with Gasteiger partial charge in [0.1, 0.15) is 17.7 Å². The van der Waals surface area contributed by atoms with Gasteiger partial charge in [-0.2, -0.15) is 18.7 Å². The molecule has 0 bridgehead atoms. The van der Waals surface area contributed by atoms with Crippen molar-refractivity contribution in [2.75, 3.05) is 28.8 Å². The zero-order valence-electron chi connectivity index (χ0n) is 18.2. The summed E-state index contributed by atoms with van der Waals surface area (Å²) in [7, 11) is 0. The van der Waals surface area contributed by atoms with Crippen LogP contribution in [0.1, 0.15) is 24.2 Å². The second-order valence-electron chi connectivity index (χ2n) is 7.55. The number of nitrogens with zero attached hydrogens (tertiary/aromatic N) is 6. The first-order chi connectivity index (χ1) is 17.2. The van der Waals surface area contributed by atoms with Gasteiger partial charge in [-0.25, -0.2) is 19.0 Å². The van der Waals surface area contributed by atoms with Gasteiger partial charge < -0.3 is 10.2 Å². The second kappa shape index (κ2) is 10.8. The van der Waals surface area contributed by atoms with Crippen LogP contribution < -0.4 is 15.7 Å². The fourth-order valence-corrected chi connectivity index (χ4v) is 3.68. The molecule has 1 saturated heterocycles. The Labute approximate surface area is 209 Å². The lowest BCUT2D eigenvalue weighted by atomic mass is 9.96. The molecule has 1 aliphatic heterocycles. The number of hydrogen-bond acceptors (Lipinski definition) is 10. The molecular formula is C20H17BrF4N8O3. The van der Waals surface area contributed by atoms with Crippen molar-refractivity contribution in [3.63, 3.8) is 0 Å². The molecule has 16 heteroatoms. The molecule has 3 aromatic rings. The van der Waals surface area contributed by atoms with E-state index in [0.29, 0.717) is 31.6 Å². The molecule has 0 spiro atoms. The van der Waals surface area contributed by atoms with Crippen molar-refractivity contribution in [2.24, 2.45) is 11.1 Å². The van der Waals surface area contributed by atoms with E-state index >= 15 is 0 Å². The van der Waals surface area contributed by atoms with Gasteiger partial charge in [-0.1, -0.05) is 5.16 Å². The zero-order chi connectivity index (χ0) is 25.7. The first kappa shape index (κ1) is 25.3. The van der Waals surface area contributed by atoms with E-state index < -0.39 is 23.6 Å². The first-order valence-electron chi connectivity index (χ1n) is 10.4. The summed E-state index contributed by atoms with van der Waals surface area (Å²) in [5.74, 6) is -1.25. The maximum absolute atomic E-state index is 13.3. The fraction of sp³-hybridized carbons (Fsp3) is 0.300. The minimum Gasteiger partial charge on any atom is -0.341 e. The Morgan fingerprint density at radius 3 is 2.75 bits per heavy atom. The number of hydrogen-bond donors (Lipinski definition) is 2. The average molecular weight is 573 g/mol. The highest BCUT2D eigenvalue weighted by atomic mass is 79.9. The Morgan fingerprint density at radius 2 is 2.03 bits per heavy atom. The van der Waals surface area contributed by atoms with Gasteiger partial charge in [0.25, 0.3) is 0 Å². The molecule has 3 heterocycles. The molecule has 1 fully saturated rings. The summed E-state index contributed by atoms with van der Waals surface area (Å²) in [6.07, 6.45) is -1.64. The van der Waals surface area contributed by atoms with Crippen molar-refractivity contribution >= 4 is 45.5 Å². The third-order valence-electron chi connectivity index (χ3n) is 5.15. The van der Waals surface area contributed by atoms with Crippen molar-refractivity contribution in [1.82, 2.24) is 20.3 Å². The maximum Gasteiger partial charge on any atom is 0.433 e. The van der Waals surface area contributed by atoms with Crippen LogP contribution in [0.15, 0.2) is 44.7 Å². The largest absolute Gasteiger partial charge is 0.433 e. The minimum atomic E-state index is -4.57. The van der Waals surface area contributed by atoms with Gasteiger partial charge in [-0.3, -0.25) is 9.73 Å². The monoisotopic (exact) mass is 572 g/mol. The van der Waals surface area contributed by atoms with Gasteiger partial charge in [0.05, 0.1) is 10.2 Å². The predicted octanol–water partition coefficient (Wildman–Crippen LogP) is 4.01. The maximum atomic E-state index is 13.3. The summed E-state index contributed by atoms with van der Waals surface area (Å²) in [6.45, 7) is 0.591. The van der Waals surface area contributed by atoms with Crippen LogP contribution in [0.4, 0.5) is 35.0 Å². The van der Waals surface area contributed by atoms with Crippen molar-refractivity contribution in [3.8, 4) is 0 Å². The number of oxime groups is 1. The number of rotatable bonds is 7. The molecule has 0 aliphatic carbocycles. The molecule has 0 radical (unpaired) electrons. The van der Waals surface area contributed by atoms with E-state index in [9.17, 15) is 22.4 Å². The fourth-order valence-electron chi connectivity index (χ4n) is 3.30. The summed E-state index contributed by atoms with van der Waals surface area (Å²) >= 11 is 3.05. The molecule has 0 unspecified atom stereocenters. The molecule has 11 nitrogen and oxygen atoms in total. The summed E-state index contributed by atoms with van der Waals surface area (Å²) in [4.78, 5) is 26.7. The Kier molecular flexibility index (Phi) is 7.61. The van der Waals surface area contributed by atoms with Crippen LogP contribution in [-0.4, -0.2) is 45.5 Å². The lowest BCUT2D eigenvalue weighted by molar-refractivity contribution is -0.141. The third-order valence-corrected chi connectivity index (χ3v) is 5.76. The van der Waals surface area contributed by atoms with Crippen molar-refractivity contribution in [1.29, 1.82) is 0 Å². The molecule has 2 N–H and O–H groups in total. The van der Waals surface area contributed by atoms with Crippen LogP contribution in [0, 0.1) is 11.7 Å². The molecule has 0 saturated carbocycles. The van der Waals surface area contributed by atoms with E-state index in [1.807, 2.05) is 0 Å². The minimum absolute atomic E-state index is 0.0144. The lowest BCUT2D eigenvalue weighted by Gasteiger charge is -2.31. The number of carbonyl (C=O) groups is 1. The van der Waals surface area contributed by atoms with Crippen molar-refractivity contribution < 1.29 is 31.9 Å². The highest BCUT2D eigenvalue weighted by Gasteiger charge is 2.34. The van der Waals surface area contributed by atoms with Gasteiger partial charge in [0.15, 0.2) is 5.69 Å². The summed E-state index contributed by atoms with van der Waals surface area (Å²) in [5, 5.41) is 13.5. The predicted molar refractivity (Wildman–Crippen MR) is 121 cm³/mol.